The number of hydrogen-bond acceptors (Lipinski definition) is 34. The lowest BCUT2D eigenvalue weighted by atomic mass is 9.78. The maximum absolute atomic E-state index is 11.6. The number of esters is 8. The fourth-order valence-corrected chi connectivity index (χ4v) is 9.28. The average molecular weight is 1520 g/mol. The van der Waals surface area contributed by atoms with Gasteiger partial charge >= 0.3 is 47.8 Å². The molecule has 34 nitrogen and oxygen atoms in total. The van der Waals surface area contributed by atoms with Crippen molar-refractivity contribution in [2.24, 2.45) is 21.7 Å². The lowest BCUT2D eigenvalue weighted by Crippen LogP contribution is -2.45. The molecule has 0 aliphatic carbocycles. The quantitative estimate of drug-likeness (QED) is 0.0335. The third-order valence-electron chi connectivity index (χ3n) is 13.8. The Kier molecular flexibility index (Phi) is 69.8. The zero-order chi connectivity index (χ0) is 81.0. The third kappa shape index (κ3) is 51.8. The van der Waals surface area contributed by atoms with Crippen LogP contribution in [0.1, 0.15) is 76.0 Å². The number of carbonyl (C=O) groups excluding carboxylic acids is 8. The SMILES string of the molecule is COC(=O)CCCC(=O)OC.COC(=O)c1cc(C(=O)OC)cc(C(=O)OC)c1.COCC(COC)(COC)COC.COCC(COC)(COC)COCC(COC)(COC)COC.COCCCOC.COCOCC(CC(=O)OC)(CC(=O)OC)CC(=O)OC.COc1cc(OC)cc(OC)c1. The lowest BCUT2D eigenvalue weighted by molar-refractivity contribution is -0.157. The van der Waals surface area contributed by atoms with Crippen molar-refractivity contribution in [3.63, 3.8) is 0 Å². The highest BCUT2D eigenvalue weighted by molar-refractivity contribution is 6.00. The van der Waals surface area contributed by atoms with Crippen molar-refractivity contribution in [1.82, 2.24) is 0 Å². The van der Waals surface area contributed by atoms with Gasteiger partial charge in [-0.15, -0.1) is 0 Å². The molecule has 0 N–H and O–H groups in total. The van der Waals surface area contributed by atoms with Crippen LogP contribution in [0.5, 0.6) is 17.2 Å². The molecule has 0 aliphatic rings. The molecule has 0 atom stereocenters. The molecule has 0 fully saturated rings. The highest BCUT2D eigenvalue weighted by Crippen LogP contribution is 2.34. The molecule has 0 saturated heterocycles. The summed E-state index contributed by atoms with van der Waals surface area (Å²) in [4.78, 5) is 90.0. The number of rotatable bonds is 48. The first-order chi connectivity index (χ1) is 50.2. The van der Waals surface area contributed by atoms with Gasteiger partial charge in [-0.3, -0.25) is 24.0 Å². The second kappa shape index (κ2) is 68.8. The second-order valence-corrected chi connectivity index (χ2v) is 22.7. The largest absolute Gasteiger partial charge is 0.496 e. The fourth-order valence-electron chi connectivity index (χ4n) is 9.28. The van der Waals surface area contributed by atoms with Crippen molar-refractivity contribution in [3.8, 4) is 17.2 Å². The molecular formula is C71H124O34. The Balaban J connectivity index is -0.000000380. The van der Waals surface area contributed by atoms with Gasteiger partial charge in [0.2, 0.25) is 0 Å². The summed E-state index contributed by atoms with van der Waals surface area (Å²) in [7, 11) is 36.1. The maximum atomic E-state index is 11.6. The van der Waals surface area contributed by atoms with E-state index in [0.717, 1.165) is 36.9 Å². The Hall–Kier alpha value is -7.00. The van der Waals surface area contributed by atoms with E-state index in [9.17, 15) is 38.4 Å². The van der Waals surface area contributed by atoms with Crippen molar-refractivity contribution in [2.75, 3.05) is 277 Å². The Labute approximate surface area is 620 Å². The number of hydrogen-bond donors (Lipinski definition) is 0. The molecule has 0 saturated carbocycles. The fraction of sp³-hybridized carbons (Fsp3) is 0.718. The van der Waals surface area contributed by atoms with Crippen LogP contribution in [0.3, 0.4) is 0 Å². The summed E-state index contributed by atoms with van der Waals surface area (Å²) in [6.45, 7) is 7.61. The molecule has 0 aromatic heterocycles. The van der Waals surface area contributed by atoms with Gasteiger partial charge in [-0.1, -0.05) is 0 Å². The van der Waals surface area contributed by atoms with E-state index in [2.05, 4.69) is 37.9 Å². The first-order valence-corrected chi connectivity index (χ1v) is 32.2. The van der Waals surface area contributed by atoms with E-state index in [1.54, 1.807) is 125 Å². The van der Waals surface area contributed by atoms with Gasteiger partial charge in [-0.2, -0.15) is 0 Å². The summed E-state index contributed by atoms with van der Waals surface area (Å²) in [5.74, 6) is -2.09. The first-order valence-electron chi connectivity index (χ1n) is 32.2. The topological polar surface area (TPSA) is 377 Å². The van der Waals surface area contributed by atoms with E-state index in [-0.39, 0.29) is 90.4 Å². The summed E-state index contributed by atoms with van der Waals surface area (Å²) in [5, 5.41) is 0. The molecule has 0 aliphatic heterocycles. The average Bonchev–Trinajstić information content (AvgIpc) is 0.841. The van der Waals surface area contributed by atoms with E-state index < -0.39 is 41.2 Å². The van der Waals surface area contributed by atoms with E-state index in [0.29, 0.717) is 85.7 Å². The maximum Gasteiger partial charge on any atom is 0.337 e. The molecule has 0 spiro atoms. The lowest BCUT2D eigenvalue weighted by Gasteiger charge is -2.35. The van der Waals surface area contributed by atoms with Crippen LogP contribution in [0.4, 0.5) is 0 Å². The summed E-state index contributed by atoms with van der Waals surface area (Å²) in [5.41, 5.74) is -1.78. The van der Waals surface area contributed by atoms with Gasteiger partial charge in [0.05, 0.1) is 216 Å². The number of methoxy groups -OCH3 is 24. The monoisotopic (exact) mass is 1520 g/mol. The molecule has 0 radical (unpaired) electrons. The molecule has 0 bridgehead atoms. The Morgan fingerprint density at radius 1 is 0.248 bits per heavy atom. The van der Waals surface area contributed by atoms with E-state index >= 15 is 0 Å². The molecular weight excluding hydrogens is 1400 g/mol. The van der Waals surface area contributed by atoms with Gasteiger partial charge in [0.1, 0.15) is 24.0 Å². The summed E-state index contributed by atoms with van der Waals surface area (Å²) >= 11 is 0. The number of benzene rings is 2. The van der Waals surface area contributed by atoms with Crippen molar-refractivity contribution < 1.29 is 162 Å². The van der Waals surface area contributed by atoms with Crippen LogP contribution in [0.25, 0.3) is 0 Å². The second-order valence-electron chi connectivity index (χ2n) is 22.7. The van der Waals surface area contributed by atoms with Crippen LogP contribution >= 0.6 is 0 Å². The molecule has 34 heteroatoms. The summed E-state index contributed by atoms with van der Waals surface area (Å²) in [6.07, 6.45) is 1.47. The van der Waals surface area contributed by atoms with Gasteiger partial charge in [-0.25, -0.2) is 14.4 Å². The summed E-state index contributed by atoms with van der Waals surface area (Å²) in [6, 6.07) is 9.23. The normalized spacial score (nSPS) is 10.7. The zero-order valence-electron chi connectivity index (χ0n) is 66.6. The van der Waals surface area contributed by atoms with Gasteiger partial charge < -0.3 is 123 Å². The first kappa shape index (κ1) is 107. The molecule has 0 unspecified atom stereocenters. The van der Waals surface area contributed by atoms with Gasteiger partial charge in [0.25, 0.3) is 0 Å². The van der Waals surface area contributed by atoms with Crippen LogP contribution in [0.15, 0.2) is 36.4 Å². The standard InChI is InChI=1S/C16H34O7.C13H22O8.C12H12O6.C9H20O4.C9H12O3.C7H12O4.C5H12O2/c1-17-7-15(8-18-2,9-19-3)13-23-14-16(10-20-4,11-21-5)12-22-6;1-17-9-21-8-13(5-10(14)18-2,6-11(15)19-3)7-12(16)20-4;1-16-10(13)7-4-8(11(14)17-2)6-9(5-7)12(15)18-3;1-10-5-9(6-11-2,7-12-3)8-13-4;1-10-7-4-8(11-2)6-9(5-7)12-3;1-10-6(8)4-3-5-7(9)11-2;1-6-4-3-5-7-2/h7-14H2,1-6H3;5-9H2,1-4H3;4-6H,1-3H3;5-8H2,1-4H3;4-6H,1-3H3;3-5H2,1-2H3;3-5H2,1-2H3. The molecule has 0 amide bonds. The van der Waals surface area contributed by atoms with Crippen LogP contribution < -0.4 is 14.2 Å². The molecule has 2 aromatic rings. The molecule has 0 heterocycles. The minimum absolute atomic E-state index is 0.0364. The molecule has 105 heavy (non-hydrogen) atoms. The van der Waals surface area contributed by atoms with Crippen LogP contribution in [0, 0.1) is 21.7 Å². The Bertz CT molecular complexity index is 2250. The van der Waals surface area contributed by atoms with E-state index in [4.69, 9.17) is 85.3 Å². The minimum atomic E-state index is -1.11. The predicted octanol–water partition coefficient (Wildman–Crippen LogP) is 5.63. The van der Waals surface area contributed by atoms with Crippen LogP contribution in [0.2, 0.25) is 0 Å². The summed E-state index contributed by atoms with van der Waals surface area (Å²) < 4.78 is 129. The van der Waals surface area contributed by atoms with Crippen molar-refractivity contribution in [2.45, 2.75) is 44.9 Å². The highest BCUT2D eigenvalue weighted by Gasteiger charge is 2.40. The van der Waals surface area contributed by atoms with Gasteiger partial charge in [-0.05, 0) is 31.0 Å². The van der Waals surface area contributed by atoms with Crippen molar-refractivity contribution in [1.29, 1.82) is 0 Å². The smallest absolute Gasteiger partial charge is 0.337 e. The molecule has 612 valence electrons. The molecule has 2 aromatic carbocycles. The number of carbonyl (C=O) groups is 8. The predicted molar refractivity (Wildman–Crippen MR) is 380 cm³/mol. The van der Waals surface area contributed by atoms with E-state index in [1.807, 2.05) is 0 Å². The number of ether oxygens (including phenoxy) is 26. The third-order valence-corrected chi connectivity index (χ3v) is 13.8. The van der Waals surface area contributed by atoms with Crippen molar-refractivity contribution in [3.05, 3.63) is 53.1 Å². The van der Waals surface area contributed by atoms with Gasteiger partial charge in [0.15, 0.2) is 0 Å². The Morgan fingerprint density at radius 2 is 0.486 bits per heavy atom. The van der Waals surface area contributed by atoms with Crippen molar-refractivity contribution >= 4 is 47.8 Å². The van der Waals surface area contributed by atoms with Crippen LogP contribution in [-0.4, -0.2) is 324 Å². The van der Waals surface area contributed by atoms with Crippen LogP contribution in [-0.2, 0) is 133 Å². The minimum Gasteiger partial charge on any atom is -0.496 e. The molecule has 2 rings (SSSR count). The zero-order valence-corrected chi connectivity index (χ0v) is 66.6. The highest BCUT2D eigenvalue weighted by atomic mass is 16.7. The van der Waals surface area contributed by atoms with Gasteiger partial charge in [0, 0.05) is 142 Å². The van der Waals surface area contributed by atoms with E-state index in [1.165, 1.54) is 82.2 Å². The Morgan fingerprint density at radius 3 is 0.686 bits per heavy atom.